The molecule has 2 amide bonds. The zero-order valence-corrected chi connectivity index (χ0v) is 17.0. The van der Waals surface area contributed by atoms with Gasteiger partial charge in [0.05, 0.1) is 13.2 Å². The van der Waals surface area contributed by atoms with Crippen molar-refractivity contribution in [3.8, 4) is 5.75 Å². The van der Waals surface area contributed by atoms with Gasteiger partial charge in [0, 0.05) is 23.4 Å². The first kappa shape index (κ1) is 21.0. The number of nitrogens with one attached hydrogen (secondary N) is 2. The van der Waals surface area contributed by atoms with Gasteiger partial charge in [0.1, 0.15) is 5.75 Å². The third-order valence-corrected chi connectivity index (χ3v) is 5.13. The smallest absolute Gasteiger partial charge is 0.251 e. The minimum absolute atomic E-state index is 0.0211. The molecule has 0 aliphatic carbocycles. The number of amides is 2. The first-order chi connectivity index (χ1) is 13.0. The number of thiophene rings is 1. The number of ether oxygens (including phenoxy) is 1. The molecule has 0 saturated carbocycles. The van der Waals surface area contributed by atoms with Crippen LogP contribution in [0.4, 0.5) is 0 Å². The van der Waals surface area contributed by atoms with Crippen molar-refractivity contribution in [1.82, 2.24) is 10.6 Å². The Morgan fingerprint density at radius 1 is 1.15 bits per heavy atom. The number of methoxy groups -OCH3 is 1. The van der Waals surface area contributed by atoms with Gasteiger partial charge < -0.3 is 15.4 Å². The van der Waals surface area contributed by atoms with Gasteiger partial charge in [-0.05, 0) is 54.5 Å². The highest BCUT2D eigenvalue weighted by molar-refractivity contribution is 7.10. The predicted molar refractivity (Wildman–Crippen MR) is 109 cm³/mol. The molecule has 0 aliphatic heterocycles. The second-order valence-electron chi connectivity index (χ2n) is 6.85. The van der Waals surface area contributed by atoms with Crippen LogP contribution >= 0.6 is 11.3 Å². The number of benzene rings is 1. The fourth-order valence-electron chi connectivity index (χ4n) is 2.77. The van der Waals surface area contributed by atoms with E-state index in [-0.39, 0.29) is 17.9 Å². The molecule has 0 saturated heterocycles. The summed E-state index contributed by atoms with van der Waals surface area (Å²) in [7, 11) is 1.59. The molecular formula is C21H28N2O3S. The van der Waals surface area contributed by atoms with Gasteiger partial charge in [-0.15, -0.1) is 11.3 Å². The van der Waals surface area contributed by atoms with Crippen LogP contribution in [0.5, 0.6) is 5.75 Å². The van der Waals surface area contributed by atoms with Crippen LogP contribution in [0.2, 0.25) is 0 Å². The number of hydrogen-bond donors (Lipinski definition) is 2. The third-order valence-electron chi connectivity index (χ3n) is 4.15. The standard InChI is InChI=1S/C21H28N2O3S/c1-15(2)14-18(19-6-5-13-27-19)23-20(24)7-4-12-22-21(25)16-8-10-17(26-3)11-9-16/h5-6,8-11,13,15,18H,4,7,12,14H2,1-3H3,(H,22,25)(H,23,24). The van der Waals surface area contributed by atoms with Gasteiger partial charge in [-0.1, -0.05) is 19.9 Å². The molecule has 2 N–H and O–H groups in total. The summed E-state index contributed by atoms with van der Waals surface area (Å²) in [5, 5.41) is 8.01. The van der Waals surface area contributed by atoms with Gasteiger partial charge in [0.25, 0.3) is 5.91 Å². The molecule has 1 atom stereocenters. The third kappa shape index (κ3) is 7.06. The van der Waals surface area contributed by atoms with Crippen LogP contribution in [0, 0.1) is 5.92 Å². The SMILES string of the molecule is COc1ccc(C(=O)NCCCC(=O)NC(CC(C)C)c2cccs2)cc1. The van der Waals surface area contributed by atoms with Crippen LogP contribution in [0.25, 0.3) is 0 Å². The quantitative estimate of drug-likeness (QED) is 0.600. The van der Waals surface area contributed by atoms with Gasteiger partial charge in [-0.3, -0.25) is 9.59 Å². The van der Waals surface area contributed by atoms with E-state index in [1.165, 1.54) is 4.88 Å². The van der Waals surface area contributed by atoms with E-state index in [0.717, 1.165) is 6.42 Å². The maximum atomic E-state index is 12.3. The second-order valence-corrected chi connectivity index (χ2v) is 7.83. The summed E-state index contributed by atoms with van der Waals surface area (Å²) in [6.45, 7) is 4.77. The molecule has 1 unspecified atom stereocenters. The van der Waals surface area contributed by atoms with Crippen molar-refractivity contribution in [3.05, 3.63) is 52.2 Å². The summed E-state index contributed by atoms with van der Waals surface area (Å²) >= 11 is 1.67. The van der Waals surface area contributed by atoms with Crippen LogP contribution in [0.1, 0.15) is 54.4 Å². The lowest BCUT2D eigenvalue weighted by Crippen LogP contribution is -2.30. The maximum absolute atomic E-state index is 12.3. The van der Waals surface area contributed by atoms with Gasteiger partial charge in [-0.25, -0.2) is 0 Å². The van der Waals surface area contributed by atoms with Crippen LogP contribution in [0.3, 0.4) is 0 Å². The van der Waals surface area contributed by atoms with E-state index in [2.05, 4.69) is 30.5 Å². The Morgan fingerprint density at radius 2 is 1.89 bits per heavy atom. The highest BCUT2D eigenvalue weighted by Gasteiger charge is 2.17. The van der Waals surface area contributed by atoms with Crippen molar-refractivity contribution in [2.45, 2.75) is 39.2 Å². The zero-order chi connectivity index (χ0) is 19.6. The maximum Gasteiger partial charge on any atom is 0.251 e. The number of carbonyl (C=O) groups excluding carboxylic acids is 2. The molecule has 1 heterocycles. The Kier molecular flexibility index (Phi) is 8.33. The van der Waals surface area contributed by atoms with Crippen molar-refractivity contribution < 1.29 is 14.3 Å². The Hall–Kier alpha value is -2.34. The van der Waals surface area contributed by atoms with Crippen LogP contribution in [-0.4, -0.2) is 25.5 Å². The van der Waals surface area contributed by atoms with Crippen LogP contribution < -0.4 is 15.4 Å². The average molecular weight is 389 g/mol. The number of hydrogen-bond acceptors (Lipinski definition) is 4. The van der Waals surface area contributed by atoms with Gasteiger partial charge >= 0.3 is 0 Å². The molecule has 1 aromatic carbocycles. The molecule has 1 aromatic heterocycles. The minimum atomic E-state index is -0.144. The van der Waals surface area contributed by atoms with E-state index < -0.39 is 0 Å². The van der Waals surface area contributed by atoms with E-state index in [1.54, 1.807) is 42.7 Å². The monoisotopic (exact) mass is 388 g/mol. The molecule has 146 valence electrons. The Labute approximate surface area is 165 Å². The lowest BCUT2D eigenvalue weighted by atomic mass is 10.0. The normalized spacial score (nSPS) is 11.9. The molecule has 0 aliphatic rings. The molecule has 0 fully saturated rings. The average Bonchev–Trinajstić information content (AvgIpc) is 3.19. The minimum Gasteiger partial charge on any atom is -0.497 e. The molecule has 0 radical (unpaired) electrons. The van der Waals surface area contributed by atoms with Crippen molar-refractivity contribution in [2.75, 3.05) is 13.7 Å². The van der Waals surface area contributed by atoms with Crippen LogP contribution in [0.15, 0.2) is 41.8 Å². The first-order valence-corrected chi connectivity index (χ1v) is 10.1. The summed E-state index contributed by atoms with van der Waals surface area (Å²) in [5.74, 6) is 1.09. The topological polar surface area (TPSA) is 67.4 Å². The molecule has 0 spiro atoms. The summed E-state index contributed by atoms with van der Waals surface area (Å²) in [4.78, 5) is 25.6. The first-order valence-electron chi connectivity index (χ1n) is 9.24. The lowest BCUT2D eigenvalue weighted by Gasteiger charge is -2.19. The molecule has 2 rings (SSSR count). The molecule has 0 bridgehead atoms. The van der Waals surface area contributed by atoms with Crippen LogP contribution in [-0.2, 0) is 4.79 Å². The zero-order valence-electron chi connectivity index (χ0n) is 16.2. The largest absolute Gasteiger partial charge is 0.497 e. The van der Waals surface area contributed by atoms with E-state index in [1.807, 2.05) is 11.4 Å². The lowest BCUT2D eigenvalue weighted by molar-refractivity contribution is -0.122. The Morgan fingerprint density at radius 3 is 2.48 bits per heavy atom. The fourth-order valence-corrected chi connectivity index (χ4v) is 3.56. The van der Waals surface area contributed by atoms with Crippen molar-refractivity contribution >= 4 is 23.2 Å². The fraction of sp³-hybridized carbons (Fsp3) is 0.429. The van der Waals surface area contributed by atoms with E-state index in [9.17, 15) is 9.59 Å². The number of rotatable bonds is 10. The highest BCUT2D eigenvalue weighted by Crippen LogP contribution is 2.25. The molecule has 2 aromatic rings. The molecule has 5 nitrogen and oxygen atoms in total. The predicted octanol–water partition coefficient (Wildman–Crippen LogP) is 4.17. The van der Waals surface area contributed by atoms with Gasteiger partial charge in [0.2, 0.25) is 5.91 Å². The second kappa shape index (κ2) is 10.7. The van der Waals surface area contributed by atoms with E-state index in [4.69, 9.17) is 4.74 Å². The molecule has 27 heavy (non-hydrogen) atoms. The molecular weight excluding hydrogens is 360 g/mol. The number of carbonyl (C=O) groups is 2. The van der Waals surface area contributed by atoms with Crippen molar-refractivity contribution in [3.63, 3.8) is 0 Å². The van der Waals surface area contributed by atoms with Gasteiger partial charge in [0.15, 0.2) is 0 Å². The highest BCUT2D eigenvalue weighted by atomic mass is 32.1. The molecule has 6 heteroatoms. The Bertz CT molecular complexity index is 712. The summed E-state index contributed by atoms with van der Waals surface area (Å²) < 4.78 is 5.08. The van der Waals surface area contributed by atoms with E-state index >= 15 is 0 Å². The van der Waals surface area contributed by atoms with E-state index in [0.29, 0.717) is 36.6 Å². The summed E-state index contributed by atoms with van der Waals surface area (Å²) in [5.41, 5.74) is 0.579. The van der Waals surface area contributed by atoms with Gasteiger partial charge in [-0.2, -0.15) is 0 Å². The van der Waals surface area contributed by atoms with Crippen molar-refractivity contribution in [2.24, 2.45) is 5.92 Å². The summed E-state index contributed by atoms with van der Waals surface area (Å²) in [6, 6.07) is 11.1. The van der Waals surface area contributed by atoms with Crippen molar-refractivity contribution in [1.29, 1.82) is 0 Å². The summed E-state index contributed by atoms with van der Waals surface area (Å²) in [6.07, 6.45) is 1.91. The Balaban J connectivity index is 1.73.